The molecule has 1 N–H and O–H groups in total. The Morgan fingerprint density at radius 3 is 2.39 bits per heavy atom. The van der Waals surface area contributed by atoms with Crippen molar-refractivity contribution in [3.8, 4) is 11.4 Å². The number of thioether (sulfide) groups is 1. The van der Waals surface area contributed by atoms with Gasteiger partial charge in [-0.3, -0.25) is 14.2 Å². The van der Waals surface area contributed by atoms with Crippen LogP contribution in [0, 0.1) is 0 Å². The molecule has 0 aliphatic heterocycles. The van der Waals surface area contributed by atoms with Gasteiger partial charge < -0.3 is 10.1 Å². The summed E-state index contributed by atoms with van der Waals surface area (Å²) in [5.41, 5.74) is 1.81. The van der Waals surface area contributed by atoms with E-state index in [1.807, 2.05) is 42.5 Å². The highest BCUT2D eigenvalue weighted by molar-refractivity contribution is 8.00. The highest BCUT2D eigenvalue weighted by Crippen LogP contribution is 2.26. The van der Waals surface area contributed by atoms with Crippen molar-refractivity contribution in [2.75, 3.05) is 12.4 Å². The van der Waals surface area contributed by atoms with Crippen LogP contribution < -0.4 is 15.6 Å². The van der Waals surface area contributed by atoms with Crippen LogP contribution in [0.1, 0.15) is 6.92 Å². The zero-order valence-electron chi connectivity index (χ0n) is 17.1. The fourth-order valence-electron chi connectivity index (χ4n) is 3.13. The molecule has 4 aromatic rings. The fourth-order valence-corrected chi connectivity index (χ4v) is 4.05. The summed E-state index contributed by atoms with van der Waals surface area (Å²) in [7, 11) is 1.59. The van der Waals surface area contributed by atoms with E-state index in [-0.39, 0.29) is 11.5 Å². The molecule has 4 rings (SSSR count). The molecule has 0 fully saturated rings. The summed E-state index contributed by atoms with van der Waals surface area (Å²) < 4.78 is 6.70. The first-order valence-electron chi connectivity index (χ1n) is 9.75. The topological polar surface area (TPSA) is 73.2 Å². The summed E-state index contributed by atoms with van der Waals surface area (Å²) in [5.74, 6) is 0.532. The fraction of sp³-hybridized carbons (Fsp3) is 0.125. The molecule has 1 unspecified atom stereocenters. The summed E-state index contributed by atoms with van der Waals surface area (Å²) in [6.07, 6.45) is 0. The van der Waals surface area contributed by atoms with Gasteiger partial charge in [0.1, 0.15) is 5.75 Å². The average Bonchev–Trinajstić information content (AvgIpc) is 2.80. The largest absolute Gasteiger partial charge is 0.497 e. The maximum atomic E-state index is 13.2. The standard InChI is InChI=1S/C24H21N3O3S/c1-16(22(28)25-17-12-14-19(30-2)15-13-17)31-24-26-21-11-7-6-10-20(21)23(29)27(24)18-8-4-3-5-9-18/h3-16H,1-2H3,(H,25,28). The molecule has 6 nitrogen and oxygen atoms in total. The minimum Gasteiger partial charge on any atom is -0.497 e. The van der Waals surface area contributed by atoms with Crippen LogP contribution in [-0.4, -0.2) is 27.8 Å². The van der Waals surface area contributed by atoms with Gasteiger partial charge in [-0.05, 0) is 55.5 Å². The third-order valence-corrected chi connectivity index (χ3v) is 5.82. The Morgan fingerprint density at radius 1 is 1.00 bits per heavy atom. The number of hydrogen-bond donors (Lipinski definition) is 1. The van der Waals surface area contributed by atoms with Crippen LogP contribution in [0.15, 0.2) is 88.8 Å². The van der Waals surface area contributed by atoms with Crippen molar-refractivity contribution in [2.45, 2.75) is 17.3 Å². The lowest BCUT2D eigenvalue weighted by atomic mass is 10.2. The normalized spacial score (nSPS) is 11.8. The monoisotopic (exact) mass is 431 g/mol. The zero-order valence-corrected chi connectivity index (χ0v) is 17.9. The van der Waals surface area contributed by atoms with E-state index < -0.39 is 5.25 Å². The molecule has 156 valence electrons. The van der Waals surface area contributed by atoms with Gasteiger partial charge in [0.15, 0.2) is 5.16 Å². The van der Waals surface area contributed by atoms with Gasteiger partial charge in [-0.15, -0.1) is 0 Å². The van der Waals surface area contributed by atoms with E-state index in [1.54, 1.807) is 55.0 Å². The molecule has 0 aliphatic rings. The summed E-state index contributed by atoms with van der Waals surface area (Å²) in [6.45, 7) is 1.79. The molecule has 3 aromatic carbocycles. The Kier molecular flexibility index (Phi) is 6.04. The predicted octanol–water partition coefficient (Wildman–Crippen LogP) is 4.51. The van der Waals surface area contributed by atoms with Crippen molar-refractivity contribution in [3.05, 3.63) is 89.2 Å². The van der Waals surface area contributed by atoms with Gasteiger partial charge in [-0.2, -0.15) is 0 Å². The van der Waals surface area contributed by atoms with E-state index >= 15 is 0 Å². The highest BCUT2D eigenvalue weighted by atomic mass is 32.2. The quantitative estimate of drug-likeness (QED) is 0.359. The lowest BCUT2D eigenvalue weighted by Crippen LogP contribution is -2.26. The number of amides is 1. The zero-order chi connectivity index (χ0) is 21.8. The number of methoxy groups -OCH3 is 1. The van der Waals surface area contributed by atoms with Gasteiger partial charge in [-0.1, -0.05) is 42.1 Å². The molecule has 1 atom stereocenters. The average molecular weight is 432 g/mol. The number of nitrogens with one attached hydrogen (secondary N) is 1. The number of nitrogens with zero attached hydrogens (tertiary/aromatic N) is 2. The molecule has 0 spiro atoms. The molecule has 0 saturated heterocycles. The lowest BCUT2D eigenvalue weighted by molar-refractivity contribution is -0.115. The minimum absolute atomic E-state index is 0.165. The van der Waals surface area contributed by atoms with Crippen molar-refractivity contribution in [2.24, 2.45) is 0 Å². The Balaban J connectivity index is 1.66. The molecule has 0 saturated carbocycles. The number of aromatic nitrogens is 2. The van der Waals surface area contributed by atoms with Gasteiger partial charge in [-0.25, -0.2) is 4.98 Å². The molecule has 0 aliphatic carbocycles. The number of fused-ring (bicyclic) bond motifs is 1. The number of para-hydroxylation sites is 2. The summed E-state index contributed by atoms with van der Waals surface area (Å²) in [6, 6.07) is 23.7. The van der Waals surface area contributed by atoms with Gasteiger partial charge in [0.2, 0.25) is 5.91 Å². The minimum atomic E-state index is -0.481. The Hall–Kier alpha value is -3.58. The number of benzene rings is 3. The smallest absolute Gasteiger partial charge is 0.266 e. The van der Waals surface area contributed by atoms with E-state index in [2.05, 4.69) is 5.32 Å². The van der Waals surface area contributed by atoms with Crippen molar-refractivity contribution >= 4 is 34.3 Å². The van der Waals surface area contributed by atoms with Gasteiger partial charge in [0, 0.05) is 5.69 Å². The summed E-state index contributed by atoms with van der Waals surface area (Å²) in [4.78, 5) is 30.7. The number of carbonyl (C=O) groups is 1. The van der Waals surface area contributed by atoms with Crippen LogP contribution in [0.3, 0.4) is 0 Å². The Bertz CT molecular complexity index is 1270. The molecule has 0 bridgehead atoms. The maximum absolute atomic E-state index is 13.2. The number of anilines is 1. The first kappa shape index (κ1) is 20.7. The van der Waals surface area contributed by atoms with Gasteiger partial charge in [0.05, 0.1) is 29.0 Å². The van der Waals surface area contributed by atoms with Crippen molar-refractivity contribution in [3.63, 3.8) is 0 Å². The summed E-state index contributed by atoms with van der Waals surface area (Å²) >= 11 is 1.24. The molecule has 31 heavy (non-hydrogen) atoms. The van der Waals surface area contributed by atoms with Crippen LogP contribution in [0.25, 0.3) is 16.6 Å². The van der Waals surface area contributed by atoms with Crippen molar-refractivity contribution in [1.29, 1.82) is 0 Å². The van der Waals surface area contributed by atoms with Crippen molar-refractivity contribution in [1.82, 2.24) is 9.55 Å². The van der Waals surface area contributed by atoms with Crippen LogP contribution in [0.4, 0.5) is 5.69 Å². The SMILES string of the molecule is COc1ccc(NC(=O)C(C)Sc2nc3ccccc3c(=O)n2-c2ccccc2)cc1. The first-order valence-corrected chi connectivity index (χ1v) is 10.6. The van der Waals surface area contributed by atoms with E-state index in [4.69, 9.17) is 9.72 Å². The van der Waals surface area contributed by atoms with Gasteiger partial charge in [0.25, 0.3) is 5.56 Å². The second kappa shape index (κ2) is 9.06. The second-order valence-corrected chi connectivity index (χ2v) is 8.17. The number of hydrogen-bond acceptors (Lipinski definition) is 5. The molecular weight excluding hydrogens is 410 g/mol. The number of carbonyl (C=O) groups excluding carboxylic acids is 1. The van der Waals surface area contributed by atoms with Crippen LogP contribution in [0.2, 0.25) is 0 Å². The molecule has 1 heterocycles. The third-order valence-electron chi connectivity index (χ3n) is 4.77. The molecule has 7 heteroatoms. The molecule has 1 aromatic heterocycles. The van der Waals surface area contributed by atoms with E-state index in [0.29, 0.717) is 33.2 Å². The third kappa shape index (κ3) is 4.46. The number of rotatable bonds is 6. The Morgan fingerprint density at radius 2 is 1.68 bits per heavy atom. The lowest BCUT2D eigenvalue weighted by Gasteiger charge is -2.16. The summed E-state index contributed by atoms with van der Waals surface area (Å²) in [5, 5.41) is 3.41. The van der Waals surface area contributed by atoms with E-state index in [1.165, 1.54) is 11.8 Å². The molecule has 1 amide bonds. The van der Waals surface area contributed by atoms with Crippen LogP contribution in [0.5, 0.6) is 5.75 Å². The van der Waals surface area contributed by atoms with E-state index in [0.717, 1.165) is 0 Å². The van der Waals surface area contributed by atoms with Crippen LogP contribution in [-0.2, 0) is 4.79 Å². The number of ether oxygens (including phenoxy) is 1. The molecule has 0 radical (unpaired) electrons. The Labute approximate surface area is 183 Å². The predicted molar refractivity (Wildman–Crippen MR) is 124 cm³/mol. The van der Waals surface area contributed by atoms with Crippen molar-refractivity contribution < 1.29 is 9.53 Å². The van der Waals surface area contributed by atoms with E-state index in [9.17, 15) is 9.59 Å². The second-order valence-electron chi connectivity index (χ2n) is 6.87. The van der Waals surface area contributed by atoms with Crippen LogP contribution >= 0.6 is 11.8 Å². The van der Waals surface area contributed by atoms with Gasteiger partial charge >= 0.3 is 0 Å². The molecular formula is C24H21N3O3S. The maximum Gasteiger partial charge on any atom is 0.266 e. The first-order chi connectivity index (χ1) is 15.1. The highest BCUT2D eigenvalue weighted by Gasteiger charge is 2.20.